The Bertz CT molecular complexity index is 1050. The van der Waals surface area contributed by atoms with E-state index >= 15 is 0 Å². The first-order valence-corrected chi connectivity index (χ1v) is 11.2. The second-order valence-electron chi connectivity index (χ2n) is 8.78. The molecule has 2 aromatic carbocycles. The zero-order valence-corrected chi connectivity index (χ0v) is 18.5. The minimum atomic E-state index is -1.06. The van der Waals surface area contributed by atoms with Crippen molar-refractivity contribution >= 4 is 18.0 Å². The van der Waals surface area contributed by atoms with Gasteiger partial charge in [0.1, 0.15) is 6.61 Å². The topological polar surface area (TPSA) is 105 Å². The van der Waals surface area contributed by atoms with Crippen molar-refractivity contribution < 1.29 is 24.2 Å². The average molecular weight is 449 g/mol. The van der Waals surface area contributed by atoms with Gasteiger partial charge in [-0.15, -0.1) is 0 Å². The van der Waals surface area contributed by atoms with Crippen LogP contribution in [0.15, 0.2) is 60.7 Å². The number of carbonyl (C=O) groups excluding carboxylic acids is 2. The van der Waals surface area contributed by atoms with Crippen LogP contribution in [0, 0.1) is 5.41 Å². The van der Waals surface area contributed by atoms with Crippen LogP contribution in [0.5, 0.6) is 0 Å². The van der Waals surface area contributed by atoms with E-state index in [-0.39, 0.29) is 31.0 Å². The van der Waals surface area contributed by atoms with Gasteiger partial charge in [0.05, 0.1) is 5.41 Å². The summed E-state index contributed by atoms with van der Waals surface area (Å²) in [4.78, 5) is 36.0. The van der Waals surface area contributed by atoms with Gasteiger partial charge in [0.25, 0.3) is 0 Å². The number of carboxylic acids is 1. The summed E-state index contributed by atoms with van der Waals surface area (Å²) < 4.78 is 5.64. The first-order valence-electron chi connectivity index (χ1n) is 11.2. The van der Waals surface area contributed by atoms with Crippen LogP contribution in [0.2, 0.25) is 0 Å². The third-order valence-corrected chi connectivity index (χ3v) is 6.75. The van der Waals surface area contributed by atoms with Gasteiger partial charge in [-0.2, -0.15) is 0 Å². The SMILES string of the molecule is CC1(C(=O)NC/C=C/C(=O)O)CCCC1NC(=O)OCC1c2ccccc2-c2ccccc21. The number of hydrogen-bond donors (Lipinski definition) is 3. The quantitative estimate of drug-likeness (QED) is 0.558. The molecule has 4 rings (SSSR count). The molecule has 7 nitrogen and oxygen atoms in total. The van der Waals surface area contributed by atoms with Gasteiger partial charge in [-0.1, -0.05) is 61.0 Å². The van der Waals surface area contributed by atoms with E-state index in [4.69, 9.17) is 9.84 Å². The Balaban J connectivity index is 1.37. The summed E-state index contributed by atoms with van der Waals surface area (Å²) in [6.45, 7) is 2.17. The van der Waals surface area contributed by atoms with Crippen LogP contribution in [0.25, 0.3) is 11.1 Å². The van der Waals surface area contributed by atoms with Crippen molar-refractivity contribution in [3.8, 4) is 11.1 Å². The summed E-state index contributed by atoms with van der Waals surface area (Å²) in [5, 5.41) is 14.3. The van der Waals surface area contributed by atoms with Gasteiger partial charge in [-0.25, -0.2) is 9.59 Å². The summed E-state index contributed by atoms with van der Waals surface area (Å²) in [5.74, 6) is -1.30. The standard InChI is InChI=1S/C26H28N2O5/c1-26(24(31)27-15-7-13-23(29)30)14-6-12-22(26)28-25(32)33-16-21-19-10-4-2-8-17(19)18-9-3-5-11-20(18)21/h2-5,7-11,13,21-22H,6,12,14-16H2,1H3,(H,27,31)(H,28,32)(H,29,30)/b13-7+. The fraction of sp³-hybridized carbons (Fsp3) is 0.346. The molecule has 1 fully saturated rings. The number of fused-ring (bicyclic) bond motifs is 3. The van der Waals surface area contributed by atoms with Crippen LogP contribution in [0.3, 0.4) is 0 Å². The number of carboxylic acid groups (broad SMARTS) is 1. The molecule has 0 bridgehead atoms. The molecular formula is C26H28N2O5. The summed E-state index contributed by atoms with van der Waals surface area (Å²) >= 11 is 0. The van der Waals surface area contributed by atoms with Crippen molar-refractivity contribution in [1.29, 1.82) is 0 Å². The number of hydrogen-bond acceptors (Lipinski definition) is 4. The molecule has 3 N–H and O–H groups in total. The first kappa shape index (κ1) is 22.6. The fourth-order valence-electron chi connectivity index (χ4n) is 4.97. The maximum absolute atomic E-state index is 12.8. The number of nitrogens with one attached hydrogen (secondary N) is 2. The lowest BCUT2D eigenvalue weighted by atomic mass is 9.83. The zero-order chi connectivity index (χ0) is 23.4. The first-order chi connectivity index (χ1) is 15.9. The Kier molecular flexibility index (Phi) is 6.49. The molecule has 2 atom stereocenters. The summed E-state index contributed by atoms with van der Waals surface area (Å²) in [6.07, 6.45) is 3.96. The van der Waals surface area contributed by atoms with E-state index in [1.807, 2.05) is 31.2 Å². The van der Waals surface area contributed by atoms with Gasteiger partial charge in [0, 0.05) is 24.6 Å². The second-order valence-corrected chi connectivity index (χ2v) is 8.78. The Labute approximate surface area is 192 Å². The predicted octanol–water partition coefficient (Wildman–Crippen LogP) is 3.84. The Morgan fingerprint density at radius 2 is 1.73 bits per heavy atom. The molecule has 0 spiro atoms. The van der Waals surface area contributed by atoms with Crippen LogP contribution in [-0.4, -0.2) is 42.3 Å². The van der Waals surface area contributed by atoms with Crippen molar-refractivity contribution in [3.05, 3.63) is 71.8 Å². The minimum absolute atomic E-state index is 0.0255. The number of benzene rings is 2. The highest BCUT2D eigenvalue weighted by Crippen LogP contribution is 2.44. The van der Waals surface area contributed by atoms with Gasteiger partial charge >= 0.3 is 12.1 Å². The summed E-state index contributed by atoms with van der Waals surface area (Å²) in [6, 6.07) is 16.0. The molecule has 0 heterocycles. The van der Waals surface area contributed by atoms with Gasteiger partial charge in [0.2, 0.25) is 5.91 Å². The van der Waals surface area contributed by atoms with Crippen molar-refractivity contribution in [2.75, 3.05) is 13.2 Å². The molecule has 2 unspecified atom stereocenters. The highest BCUT2D eigenvalue weighted by Gasteiger charge is 2.45. The molecule has 33 heavy (non-hydrogen) atoms. The maximum atomic E-state index is 12.8. The Hall–Kier alpha value is -3.61. The largest absolute Gasteiger partial charge is 0.478 e. The van der Waals surface area contributed by atoms with Gasteiger partial charge in [0.15, 0.2) is 0 Å². The normalized spacial score (nSPS) is 21.4. The van der Waals surface area contributed by atoms with Gasteiger partial charge in [-0.3, -0.25) is 4.79 Å². The fourth-order valence-corrected chi connectivity index (χ4v) is 4.97. The van der Waals surface area contributed by atoms with E-state index in [2.05, 4.69) is 34.9 Å². The molecule has 0 aliphatic heterocycles. The molecule has 2 aliphatic carbocycles. The predicted molar refractivity (Wildman–Crippen MR) is 124 cm³/mol. The van der Waals surface area contributed by atoms with Crippen molar-refractivity contribution in [2.45, 2.75) is 38.1 Å². The number of alkyl carbamates (subject to hydrolysis) is 1. The second kappa shape index (κ2) is 9.48. The molecule has 2 amide bonds. The third-order valence-electron chi connectivity index (χ3n) is 6.75. The van der Waals surface area contributed by atoms with Crippen LogP contribution < -0.4 is 10.6 Å². The highest BCUT2D eigenvalue weighted by atomic mass is 16.5. The maximum Gasteiger partial charge on any atom is 0.407 e. The van der Waals surface area contributed by atoms with E-state index in [0.29, 0.717) is 12.8 Å². The molecule has 1 saturated carbocycles. The number of ether oxygens (including phenoxy) is 1. The van der Waals surface area contributed by atoms with Crippen molar-refractivity contribution in [2.24, 2.45) is 5.41 Å². The highest BCUT2D eigenvalue weighted by molar-refractivity contribution is 5.85. The lowest BCUT2D eigenvalue weighted by Crippen LogP contribution is -2.51. The number of rotatable bonds is 7. The molecule has 0 aromatic heterocycles. The van der Waals surface area contributed by atoms with E-state index in [1.54, 1.807) is 0 Å². The summed E-state index contributed by atoms with van der Waals surface area (Å²) in [7, 11) is 0. The lowest BCUT2D eigenvalue weighted by Gasteiger charge is -2.30. The van der Waals surface area contributed by atoms with Gasteiger partial charge in [-0.05, 0) is 42.0 Å². The Morgan fingerprint density at radius 1 is 1.09 bits per heavy atom. The van der Waals surface area contributed by atoms with E-state index in [1.165, 1.54) is 17.2 Å². The molecule has 2 aromatic rings. The lowest BCUT2D eigenvalue weighted by molar-refractivity contribution is -0.132. The minimum Gasteiger partial charge on any atom is -0.478 e. The van der Waals surface area contributed by atoms with Crippen molar-refractivity contribution in [3.63, 3.8) is 0 Å². The molecule has 7 heteroatoms. The van der Waals surface area contributed by atoms with E-state index < -0.39 is 17.5 Å². The molecule has 0 radical (unpaired) electrons. The smallest absolute Gasteiger partial charge is 0.407 e. The van der Waals surface area contributed by atoms with Gasteiger partial charge < -0.3 is 20.5 Å². The van der Waals surface area contributed by atoms with Crippen LogP contribution in [0.1, 0.15) is 43.2 Å². The average Bonchev–Trinajstić information content (AvgIpc) is 3.33. The van der Waals surface area contributed by atoms with Crippen LogP contribution in [-0.2, 0) is 14.3 Å². The summed E-state index contributed by atoms with van der Waals surface area (Å²) in [5.41, 5.74) is 3.85. The zero-order valence-electron chi connectivity index (χ0n) is 18.5. The third kappa shape index (κ3) is 4.62. The van der Waals surface area contributed by atoms with Crippen LogP contribution >= 0.6 is 0 Å². The van der Waals surface area contributed by atoms with Crippen LogP contribution in [0.4, 0.5) is 4.79 Å². The molecule has 172 valence electrons. The van der Waals surface area contributed by atoms with Crippen molar-refractivity contribution in [1.82, 2.24) is 10.6 Å². The number of carbonyl (C=O) groups is 3. The number of aliphatic carboxylic acids is 1. The monoisotopic (exact) mass is 448 g/mol. The number of amides is 2. The molecular weight excluding hydrogens is 420 g/mol. The van der Waals surface area contributed by atoms with E-state index in [0.717, 1.165) is 23.6 Å². The Morgan fingerprint density at radius 3 is 2.36 bits per heavy atom. The molecule has 0 saturated heterocycles. The van der Waals surface area contributed by atoms with E-state index in [9.17, 15) is 14.4 Å². The molecule has 2 aliphatic rings.